The molecular weight excluding hydrogens is 440 g/mol. The molecule has 0 aromatic carbocycles. The molecule has 1 fully saturated rings. The summed E-state index contributed by atoms with van der Waals surface area (Å²) in [5, 5.41) is 35.3. The summed E-state index contributed by atoms with van der Waals surface area (Å²) in [6.07, 6.45) is 1.28. The number of rotatable bonds is 9. The van der Waals surface area contributed by atoms with Crippen molar-refractivity contribution in [3.05, 3.63) is 36.2 Å². The minimum absolute atomic E-state index is 0.0123. The van der Waals surface area contributed by atoms with Gasteiger partial charge in [0, 0.05) is 19.1 Å². The van der Waals surface area contributed by atoms with Crippen molar-refractivity contribution in [2.75, 3.05) is 41.4 Å². The number of hydrogen-bond acceptors (Lipinski definition) is 10. The Morgan fingerprint density at radius 2 is 2.09 bits per heavy atom. The lowest BCUT2D eigenvalue weighted by molar-refractivity contribution is 0.0535. The highest BCUT2D eigenvalue weighted by Gasteiger charge is 2.38. The number of aliphatic hydroxyl groups is 3. The van der Waals surface area contributed by atoms with E-state index in [0.29, 0.717) is 23.1 Å². The molecule has 0 aliphatic carbocycles. The largest absolute Gasteiger partial charge is 0.489 e. The Labute approximate surface area is 198 Å². The molecule has 11 nitrogen and oxygen atoms in total. The summed E-state index contributed by atoms with van der Waals surface area (Å²) in [5.41, 5.74) is 1.19. The zero-order valence-electron chi connectivity index (χ0n) is 19.4. The normalized spacial score (nSPS) is 18.8. The van der Waals surface area contributed by atoms with E-state index in [1.807, 2.05) is 24.8 Å². The van der Waals surface area contributed by atoms with Crippen molar-refractivity contribution >= 4 is 23.2 Å². The van der Waals surface area contributed by atoms with Crippen LogP contribution in [0.2, 0.25) is 0 Å². The molecule has 2 aromatic rings. The van der Waals surface area contributed by atoms with E-state index < -0.39 is 12.5 Å². The molecule has 0 saturated carbocycles. The number of hydrogen-bond donors (Lipinski definition) is 5. The SMILES string of the molecule is CC(C)NC(=O)c1ccc2c(n1)N(C(O)Nc1ccc(OC[C@@H](O)CO)cn1)[C@H]1CCCN2C1. The third-order valence-corrected chi connectivity index (χ3v) is 5.81. The molecule has 11 heteroatoms. The predicted molar refractivity (Wildman–Crippen MR) is 127 cm³/mol. The molecule has 4 heterocycles. The van der Waals surface area contributed by atoms with E-state index in [1.165, 1.54) is 6.20 Å². The van der Waals surface area contributed by atoms with E-state index in [9.17, 15) is 15.0 Å². The number of nitrogens with zero attached hydrogens (tertiary/aromatic N) is 4. The molecule has 2 aromatic heterocycles. The number of nitrogens with one attached hydrogen (secondary N) is 2. The van der Waals surface area contributed by atoms with Crippen LogP contribution in [0.25, 0.3) is 0 Å². The maximum Gasteiger partial charge on any atom is 0.270 e. The summed E-state index contributed by atoms with van der Waals surface area (Å²) >= 11 is 0. The Balaban J connectivity index is 1.53. The van der Waals surface area contributed by atoms with Crippen LogP contribution in [-0.2, 0) is 0 Å². The first-order chi connectivity index (χ1) is 16.4. The number of aromatic nitrogens is 2. The summed E-state index contributed by atoms with van der Waals surface area (Å²) in [7, 11) is 0. The van der Waals surface area contributed by atoms with E-state index in [-0.39, 0.29) is 31.2 Å². The Bertz CT molecular complexity index is 988. The summed E-state index contributed by atoms with van der Waals surface area (Å²) in [6, 6.07) is 6.94. The standard InChI is InChI=1S/C23H32N6O5/c1-14(2)25-22(32)18-6-7-19-21(26-18)29(15-4-3-9-28(19)11-15)23(33)27-20-8-5-17(10-24-20)34-13-16(31)12-30/h5-8,10,14-16,23,30-31,33H,3-4,9,11-13H2,1-2H3,(H,24,27)(H,25,32)/t15-,16-,23?/m0/s1. The van der Waals surface area contributed by atoms with Crippen LogP contribution in [0.5, 0.6) is 5.75 Å². The second-order valence-corrected chi connectivity index (χ2v) is 8.86. The van der Waals surface area contributed by atoms with Crippen molar-refractivity contribution in [3.63, 3.8) is 0 Å². The van der Waals surface area contributed by atoms with E-state index in [1.54, 1.807) is 18.2 Å². The van der Waals surface area contributed by atoms with Crippen LogP contribution in [0, 0.1) is 0 Å². The van der Waals surface area contributed by atoms with Crippen LogP contribution < -0.4 is 25.2 Å². The number of piperidine rings is 1. The molecule has 3 atom stereocenters. The van der Waals surface area contributed by atoms with Gasteiger partial charge in [-0.3, -0.25) is 4.79 Å². The fourth-order valence-corrected chi connectivity index (χ4v) is 4.23. The topological polar surface area (TPSA) is 143 Å². The fourth-order valence-electron chi connectivity index (χ4n) is 4.23. The molecule has 5 N–H and O–H groups in total. The number of carbonyl (C=O) groups is 1. The van der Waals surface area contributed by atoms with Gasteiger partial charge in [-0.25, -0.2) is 9.97 Å². The van der Waals surface area contributed by atoms with Crippen LogP contribution >= 0.6 is 0 Å². The minimum Gasteiger partial charge on any atom is -0.489 e. The number of carbonyl (C=O) groups excluding carboxylic acids is 1. The van der Waals surface area contributed by atoms with Crippen LogP contribution in [-0.4, -0.2) is 82.0 Å². The quantitative estimate of drug-likeness (QED) is 0.328. The Morgan fingerprint density at radius 1 is 1.26 bits per heavy atom. The van der Waals surface area contributed by atoms with Gasteiger partial charge in [-0.05, 0) is 51.0 Å². The monoisotopic (exact) mass is 472 g/mol. The summed E-state index contributed by atoms with van der Waals surface area (Å²) in [4.78, 5) is 25.5. The Kier molecular flexibility index (Phi) is 7.35. The van der Waals surface area contributed by atoms with Gasteiger partial charge < -0.3 is 40.5 Å². The molecule has 2 aliphatic heterocycles. The Hall–Kier alpha value is -3.15. The van der Waals surface area contributed by atoms with Crippen molar-refractivity contribution < 1.29 is 24.9 Å². The van der Waals surface area contributed by atoms with Crippen LogP contribution in [0.3, 0.4) is 0 Å². The lowest BCUT2D eigenvalue weighted by atomic mass is 9.99. The third-order valence-electron chi connectivity index (χ3n) is 5.81. The third kappa shape index (κ3) is 5.32. The molecule has 0 radical (unpaired) electrons. The minimum atomic E-state index is -1.12. The number of amides is 1. The van der Waals surface area contributed by atoms with Crippen molar-refractivity contribution in [1.29, 1.82) is 0 Å². The fraction of sp³-hybridized carbons (Fsp3) is 0.522. The van der Waals surface area contributed by atoms with Gasteiger partial charge in [-0.1, -0.05) is 0 Å². The number of ether oxygens (including phenoxy) is 1. The van der Waals surface area contributed by atoms with Crippen LogP contribution in [0.1, 0.15) is 37.2 Å². The zero-order valence-corrected chi connectivity index (χ0v) is 19.4. The highest BCUT2D eigenvalue weighted by Crippen LogP contribution is 2.38. The van der Waals surface area contributed by atoms with Gasteiger partial charge in [0.1, 0.15) is 30.0 Å². The number of aliphatic hydroxyl groups excluding tert-OH is 3. The highest BCUT2D eigenvalue weighted by atomic mass is 16.5. The van der Waals surface area contributed by atoms with Crippen molar-refractivity contribution in [2.45, 2.75) is 51.2 Å². The van der Waals surface area contributed by atoms with Crippen molar-refractivity contribution in [3.8, 4) is 5.75 Å². The van der Waals surface area contributed by atoms with Crippen LogP contribution in [0.15, 0.2) is 30.5 Å². The maximum atomic E-state index is 12.6. The van der Waals surface area contributed by atoms with Gasteiger partial charge in [-0.2, -0.15) is 0 Å². The smallest absolute Gasteiger partial charge is 0.270 e. The molecule has 184 valence electrons. The van der Waals surface area contributed by atoms with Crippen LogP contribution in [0.4, 0.5) is 17.3 Å². The summed E-state index contributed by atoms with van der Waals surface area (Å²) in [5.74, 6) is 1.16. The summed E-state index contributed by atoms with van der Waals surface area (Å²) in [6.45, 7) is 5.03. The zero-order chi connectivity index (χ0) is 24.2. The molecule has 1 saturated heterocycles. The first kappa shape index (κ1) is 24.0. The Morgan fingerprint density at radius 3 is 2.79 bits per heavy atom. The first-order valence-corrected chi connectivity index (χ1v) is 11.5. The second kappa shape index (κ2) is 10.4. The molecule has 2 bridgehead atoms. The van der Waals surface area contributed by atoms with Gasteiger partial charge in [0.05, 0.1) is 24.5 Å². The number of anilines is 3. The van der Waals surface area contributed by atoms with E-state index in [0.717, 1.165) is 31.6 Å². The summed E-state index contributed by atoms with van der Waals surface area (Å²) < 4.78 is 5.37. The van der Waals surface area contributed by atoms with Gasteiger partial charge in [0.2, 0.25) is 6.35 Å². The van der Waals surface area contributed by atoms with E-state index in [4.69, 9.17) is 9.84 Å². The lowest BCUT2D eigenvalue weighted by Gasteiger charge is -2.48. The molecule has 0 spiro atoms. The predicted octanol–water partition coefficient (Wildman–Crippen LogP) is 0.524. The molecule has 4 rings (SSSR count). The first-order valence-electron chi connectivity index (χ1n) is 11.5. The lowest BCUT2D eigenvalue weighted by Crippen LogP contribution is -2.58. The number of pyridine rings is 2. The van der Waals surface area contributed by atoms with Crippen molar-refractivity contribution in [2.24, 2.45) is 0 Å². The van der Waals surface area contributed by atoms with E-state index >= 15 is 0 Å². The van der Waals surface area contributed by atoms with E-state index in [2.05, 4.69) is 25.5 Å². The molecule has 34 heavy (non-hydrogen) atoms. The molecule has 1 amide bonds. The average molecular weight is 473 g/mol. The van der Waals surface area contributed by atoms with Gasteiger partial charge in [0.15, 0.2) is 5.82 Å². The molecular formula is C23H32N6O5. The highest BCUT2D eigenvalue weighted by molar-refractivity contribution is 5.94. The molecule has 1 unspecified atom stereocenters. The van der Waals surface area contributed by atoms with Crippen molar-refractivity contribution in [1.82, 2.24) is 15.3 Å². The average Bonchev–Trinajstić information content (AvgIpc) is 2.83. The van der Waals surface area contributed by atoms with Gasteiger partial charge >= 0.3 is 0 Å². The second-order valence-electron chi connectivity index (χ2n) is 8.86. The number of fused-ring (bicyclic) bond motifs is 4. The van der Waals surface area contributed by atoms with Gasteiger partial charge in [-0.15, -0.1) is 0 Å². The maximum absolute atomic E-state index is 12.6. The van der Waals surface area contributed by atoms with Gasteiger partial charge in [0.25, 0.3) is 5.91 Å². The molecule has 2 aliphatic rings.